The predicted molar refractivity (Wildman–Crippen MR) is 84.3 cm³/mol. The molecule has 0 heterocycles. The van der Waals surface area contributed by atoms with E-state index in [0.717, 1.165) is 12.5 Å². The Morgan fingerprint density at radius 2 is 1.78 bits per heavy atom. The van der Waals surface area contributed by atoms with Crippen molar-refractivity contribution in [1.82, 2.24) is 0 Å². The second kappa shape index (κ2) is 7.48. The smallest absolute Gasteiger partial charge is 0.336 e. The van der Waals surface area contributed by atoms with Crippen LogP contribution < -0.4 is 0 Å². The Kier molecular flexibility index (Phi) is 5.94. The summed E-state index contributed by atoms with van der Waals surface area (Å²) >= 11 is 0. The van der Waals surface area contributed by atoms with Crippen LogP contribution in [-0.4, -0.2) is 20.9 Å². The average Bonchev–Trinajstić information content (AvgIpc) is 2.44. The van der Waals surface area contributed by atoms with Crippen LogP contribution in [0.4, 0.5) is 11.4 Å². The van der Waals surface area contributed by atoms with Crippen molar-refractivity contribution in [1.29, 1.82) is 0 Å². The summed E-state index contributed by atoms with van der Waals surface area (Å²) in [6, 6.07) is 2.04. The van der Waals surface area contributed by atoms with Gasteiger partial charge >= 0.3 is 5.97 Å². The molecule has 8 nitrogen and oxygen atoms in total. The number of carboxylic acid groups (broad SMARTS) is 1. The Bertz CT molecular complexity index is 689. The van der Waals surface area contributed by atoms with Gasteiger partial charge in [0.15, 0.2) is 0 Å². The molecule has 8 heteroatoms. The molecular weight excluding hydrogens is 304 g/mol. The molecule has 1 rings (SSSR count). The largest absolute Gasteiger partial charge is 0.478 e. The molecule has 0 spiro atoms. The number of aryl methyl sites for hydroxylation is 1. The van der Waals surface area contributed by atoms with Gasteiger partial charge in [0.05, 0.1) is 27.0 Å². The minimum absolute atomic E-state index is 0.0402. The van der Waals surface area contributed by atoms with Gasteiger partial charge in [0.2, 0.25) is 0 Å². The van der Waals surface area contributed by atoms with Crippen LogP contribution in [0.15, 0.2) is 17.7 Å². The number of benzene rings is 1. The van der Waals surface area contributed by atoms with Gasteiger partial charge in [-0.2, -0.15) is 0 Å². The zero-order valence-corrected chi connectivity index (χ0v) is 13.2. The number of unbranched alkanes of at least 4 members (excludes halogenated alkanes) is 1. The molecular formula is C15H18N2O6. The number of non-ortho nitro benzene ring substituents is 1. The van der Waals surface area contributed by atoms with Crippen LogP contribution in [0.1, 0.15) is 44.7 Å². The van der Waals surface area contributed by atoms with Gasteiger partial charge in [-0.3, -0.25) is 20.2 Å². The number of nitrogens with zero attached hydrogens (tertiary/aromatic N) is 2. The Morgan fingerprint density at radius 3 is 2.17 bits per heavy atom. The number of carboxylic acids is 1. The highest BCUT2D eigenvalue weighted by Gasteiger charge is 2.29. The molecule has 0 aromatic heterocycles. The summed E-state index contributed by atoms with van der Waals surface area (Å²) in [4.78, 5) is 32.4. The minimum atomic E-state index is -1.29. The van der Waals surface area contributed by atoms with Crippen LogP contribution in [0, 0.1) is 20.2 Å². The number of rotatable bonds is 7. The molecule has 0 fully saturated rings. The quantitative estimate of drug-likeness (QED) is 0.463. The zero-order chi connectivity index (χ0) is 17.7. The first-order valence-corrected chi connectivity index (χ1v) is 7.07. The van der Waals surface area contributed by atoms with E-state index in [2.05, 4.69) is 0 Å². The predicted octanol–water partition coefficient (Wildman–Crippen LogP) is 3.72. The second-order valence-electron chi connectivity index (χ2n) is 5.30. The average molecular weight is 322 g/mol. The molecule has 1 N–H and O–H groups in total. The van der Waals surface area contributed by atoms with Gasteiger partial charge in [0, 0.05) is 6.07 Å². The van der Waals surface area contributed by atoms with Gasteiger partial charge in [-0.1, -0.05) is 18.9 Å². The highest BCUT2D eigenvalue weighted by molar-refractivity contribution is 6.18. The molecule has 23 heavy (non-hydrogen) atoms. The zero-order valence-electron chi connectivity index (χ0n) is 13.2. The van der Waals surface area contributed by atoms with E-state index in [9.17, 15) is 30.1 Å². The number of hydrogen-bond donors (Lipinski definition) is 1. The fourth-order valence-electron chi connectivity index (χ4n) is 2.34. The van der Waals surface area contributed by atoms with E-state index >= 15 is 0 Å². The summed E-state index contributed by atoms with van der Waals surface area (Å²) < 4.78 is 0. The van der Waals surface area contributed by atoms with Gasteiger partial charge in [-0.25, -0.2) is 4.79 Å². The van der Waals surface area contributed by atoms with Crippen LogP contribution in [-0.2, 0) is 11.2 Å². The lowest BCUT2D eigenvalue weighted by molar-refractivity contribution is -0.394. The van der Waals surface area contributed by atoms with E-state index in [1.807, 2.05) is 6.92 Å². The SMILES string of the molecule is CCCCc1cc([N+](=O)[O-])cc([N+](=O)[O-])c1C(C(=O)O)=C(C)C. The molecule has 0 amide bonds. The standard InChI is InChI=1S/C15H18N2O6/c1-4-5-6-10-7-11(16(20)21)8-12(17(22)23)14(10)13(9(2)3)15(18)19/h7-8H,4-6H2,1-3H3,(H,18,19). The molecule has 0 aliphatic rings. The summed E-state index contributed by atoms with van der Waals surface area (Å²) in [7, 11) is 0. The number of hydrogen-bond acceptors (Lipinski definition) is 5. The molecule has 124 valence electrons. The number of nitro groups is 2. The fraction of sp³-hybridized carbons (Fsp3) is 0.400. The van der Waals surface area contributed by atoms with Crippen LogP contribution in [0.25, 0.3) is 5.57 Å². The summed E-state index contributed by atoms with van der Waals surface area (Å²) in [5, 5.41) is 31.8. The second-order valence-corrected chi connectivity index (χ2v) is 5.30. The summed E-state index contributed by atoms with van der Waals surface area (Å²) in [5.41, 5.74) is -0.480. The third-order valence-corrected chi connectivity index (χ3v) is 3.36. The van der Waals surface area contributed by atoms with Crippen LogP contribution in [0.2, 0.25) is 0 Å². The maximum absolute atomic E-state index is 11.5. The molecule has 0 unspecified atom stereocenters. The molecule has 0 aliphatic heterocycles. The van der Waals surface area contributed by atoms with Gasteiger partial charge < -0.3 is 5.11 Å². The van der Waals surface area contributed by atoms with Crippen LogP contribution >= 0.6 is 0 Å². The lowest BCUT2D eigenvalue weighted by Gasteiger charge is -2.12. The van der Waals surface area contributed by atoms with Gasteiger partial charge in [0.25, 0.3) is 11.4 Å². The maximum Gasteiger partial charge on any atom is 0.336 e. The van der Waals surface area contributed by atoms with Crippen molar-refractivity contribution in [3.05, 3.63) is 49.1 Å². The van der Waals surface area contributed by atoms with Crippen molar-refractivity contribution in [3.8, 4) is 0 Å². The summed E-state index contributed by atoms with van der Waals surface area (Å²) in [5.74, 6) is -1.29. The first-order valence-electron chi connectivity index (χ1n) is 7.07. The number of allylic oxidation sites excluding steroid dienone is 1. The topological polar surface area (TPSA) is 124 Å². The van der Waals surface area contributed by atoms with Gasteiger partial charge in [-0.15, -0.1) is 0 Å². The van der Waals surface area contributed by atoms with Gasteiger partial charge in [-0.05, 0) is 32.3 Å². The fourth-order valence-corrected chi connectivity index (χ4v) is 2.34. The van der Waals surface area contributed by atoms with Crippen LogP contribution in [0.5, 0.6) is 0 Å². The molecule has 0 atom stereocenters. The lowest BCUT2D eigenvalue weighted by atomic mass is 9.91. The van der Waals surface area contributed by atoms with E-state index in [1.165, 1.54) is 19.9 Å². The third-order valence-electron chi connectivity index (χ3n) is 3.36. The van der Waals surface area contributed by atoms with E-state index in [4.69, 9.17) is 0 Å². The molecule has 0 bridgehead atoms. The molecule has 0 aliphatic carbocycles. The number of nitro benzene ring substituents is 2. The molecule has 0 saturated heterocycles. The summed E-state index contributed by atoms with van der Waals surface area (Å²) in [6.07, 6.45) is 1.74. The monoisotopic (exact) mass is 322 g/mol. The van der Waals surface area contributed by atoms with Gasteiger partial charge in [0.1, 0.15) is 0 Å². The Morgan fingerprint density at radius 1 is 1.17 bits per heavy atom. The van der Waals surface area contributed by atoms with Crippen molar-refractivity contribution >= 4 is 22.9 Å². The highest BCUT2D eigenvalue weighted by Crippen LogP contribution is 2.36. The minimum Gasteiger partial charge on any atom is -0.478 e. The summed E-state index contributed by atoms with van der Waals surface area (Å²) in [6.45, 7) is 4.99. The van der Waals surface area contributed by atoms with Crippen LogP contribution in [0.3, 0.4) is 0 Å². The van der Waals surface area contributed by atoms with Crippen molar-refractivity contribution in [2.45, 2.75) is 40.0 Å². The Balaban J connectivity index is 3.82. The lowest BCUT2D eigenvalue weighted by Crippen LogP contribution is -2.09. The first kappa shape index (κ1) is 18.3. The van der Waals surface area contributed by atoms with E-state index in [-0.39, 0.29) is 11.1 Å². The molecule has 1 aromatic rings. The molecule has 1 aromatic carbocycles. The maximum atomic E-state index is 11.5. The molecule has 0 saturated carbocycles. The highest BCUT2D eigenvalue weighted by atomic mass is 16.6. The van der Waals surface area contributed by atoms with E-state index < -0.39 is 27.2 Å². The van der Waals surface area contributed by atoms with E-state index in [0.29, 0.717) is 24.0 Å². The first-order chi connectivity index (χ1) is 10.7. The third kappa shape index (κ3) is 4.12. The Labute approximate surface area is 132 Å². The van der Waals surface area contributed by atoms with Crippen molar-refractivity contribution in [2.24, 2.45) is 0 Å². The van der Waals surface area contributed by atoms with Crippen molar-refractivity contribution < 1.29 is 19.7 Å². The van der Waals surface area contributed by atoms with Crippen molar-refractivity contribution in [2.75, 3.05) is 0 Å². The van der Waals surface area contributed by atoms with E-state index in [1.54, 1.807) is 0 Å². The molecule has 0 radical (unpaired) electrons. The number of aliphatic carboxylic acids is 1. The van der Waals surface area contributed by atoms with Crippen molar-refractivity contribution in [3.63, 3.8) is 0 Å². The number of carbonyl (C=O) groups is 1. The Hall–Kier alpha value is -2.77. The normalized spacial score (nSPS) is 10.2.